The first-order chi connectivity index (χ1) is 28.5. The summed E-state index contributed by atoms with van der Waals surface area (Å²) in [6.45, 7) is 12.2. The summed E-state index contributed by atoms with van der Waals surface area (Å²) in [4.78, 5) is 2.26. The number of hydrogen-bond donors (Lipinski definition) is 0. The molecule has 1 saturated heterocycles. The summed E-state index contributed by atoms with van der Waals surface area (Å²) < 4.78 is 12.9. The summed E-state index contributed by atoms with van der Waals surface area (Å²) in [5.41, 5.74) is 0.153. The van der Waals surface area contributed by atoms with Crippen molar-refractivity contribution in [3.63, 3.8) is 0 Å². The van der Waals surface area contributed by atoms with Crippen molar-refractivity contribution in [1.82, 2.24) is 4.90 Å². The van der Waals surface area contributed by atoms with E-state index in [-0.39, 0.29) is 11.7 Å². The van der Waals surface area contributed by atoms with Crippen LogP contribution in [0, 0.1) is 17.3 Å². The molecule has 3 nitrogen and oxygen atoms in total. The molecule has 0 aromatic heterocycles. The molecule has 2 unspecified atom stereocenters. The first kappa shape index (κ1) is 58.0. The molecule has 0 bridgehead atoms. The van der Waals surface area contributed by atoms with Gasteiger partial charge in [0, 0.05) is 39.9 Å². The van der Waals surface area contributed by atoms with Crippen molar-refractivity contribution < 1.29 is 9.47 Å². The summed E-state index contributed by atoms with van der Waals surface area (Å²) in [6.07, 6.45) is 39.0. The fourth-order valence-corrected chi connectivity index (χ4v) is 15.8. The Labute approximate surface area is 389 Å². The van der Waals surface area contributed by atoms with Gasteiger partial charge in [-0.1, -0.05) is 199 Å². The molecular formula is C49H99NO2S6. The standard InChI is InChI=1S/C49H99NO2S6/c1-7-11-15-19-21-25-32-46(30-23-17-13-9-3)40-57-55-38-28-36-53-44-49(42-51-48(52-43-49)34-27-35-50(5)6)45-54-37-29-39-56-58-41-47(31-24-18-14-10-4)33-26-22-20-16-12-8-2/h46-48H,7-45H2,1-6H3. The zero-order valence-corrected chi connectivity index (χ0v) is 44.4. The number of unbranched alkanes of at least 4 members (excludes halogenated alkanes) is 16. The van der Waals surface area contributed by atoms with E-state index < -0.39 is 0 Å². The van der Waals surface area contributed by atoms with Crippen LogP contribution >= 0.6 is 66.7 Å². The van der Waals surface area contributed by atoms with Crippen molar-refractivity contribution in [3.05, 3.63) is 0 Å². The van der Waals surface area contributed by atoms with E-state index in [0.29, 0.717) is 0 Å². The first-order valence-electron chi connectivity index (χ1n) is 25.0. The Bertz CT molecular complexity index is 768. The third-order valence-corrected chi connectivity index (χ3v) is 19.7. The van der Waals surface area contributed by atoms with Crippen LogP contribution < -0.4 is 0 Å². The van der Waals surface area contributed by atoms with Crippen LogP contribution in [0.5, 0.6) is 0 Å². The van der Waals surface area contributed by atoms with Crippen LogP contribution in [-0.2, 0) is 9.47 Å². The third-order valence-electron chi connectivity index (χ3n) is 11.7. The molecule has 0 aliphatic carbocycles. The maximum absolute atomic E-state index is 6.45. The van der Waals surface area contributed by atoms with Crippen molar-refractivity contribution in [2.24, 2.45) is 17.3 Å². The molecule has 2 atom stereocenters. The molecule has 1 heterocycles. The Kier molecular flexibility index (Phi) is 44.2. The molecule has 348 valence electrons. The molecule has 0 radical (unpaired) electrons. The van der Waals surface area contributed by atoms with Crippen molar-refractivity contribution in [2.45, 2.75) is 214 Å². The predicted molar refractivity (Wildman–Crippen MR) is 280 cm³/mol. The summed E-state index contributed by atoms with van der Waals surface area (Å²) in [5.74, 6) is 12.0. The second kappa shape index (κ2) is 44.2. The van der Waals surface area contributed by atoms with E-state index in [4.69, 9.17) is 9.47 Å². The van der Waals surface area contributed by atoms with Gasteiger partial charge in [-0.15, -0.1) is 0 Å². The molecule has 1 aliphatic heterocycles. The van der Waals surface area contributed by atoms with E-state index in [0.717, 1.165) is 44.4 Å². The van der Waals surface area contributed by atoms with E-state index in [9.17, 15) is 0 Å². The van der Waals surface area contributed by atoms with Crippen molar-refractivity contribution in [3.8, 4) is 0 Å². The maximum atomic E-state index is 6.45. The largest absolute Gasteiger partial charge is 0.352 e. The molecule has 0 aromatic carbocycles. The minimum atomic E-state index is -0.0158. The topological polar surface area (TPSA) is 21.7 Å². The smallest absolute Gasteiger partial charge is 0.157 e. The second-order valence-electron chi connectivity index (χ2n) is 18.1. The van der Waals surface area contributed by atoms with Gasteiger partial charge < -0.3 is 14.4 Å². The van der Waals surface area contributed by atoms with Crippen molar-refractivity contribution in [1.29, 1.82) is 0 Å². The van der Waals surface area contributed by atoms with Crippen LogP contribution in [0.25, 0.3) is 0 Å². The summed E-state index contributed by atoms with van der Waals surface area (Å²) in [7, 11) is 13.0. The van der Waals surface area contributed by atoms with Gasteiger partial charge in [0.15, 0.2) is 6.29 Å². The average Bonchev–Trinajstić information content (AvgIpc) is 3.22. The Balaban J connectivity index is 2.42. The van der Waals surface area contributed by atoms with Crippen LogP contribution in [0.4, 0.5) is 0 Å². The van der Waals surface area contributed by atoms with Gasteiger partial charge in [-0.05, 0) is 95.3 Å². The van der Waals surface area contributed by atoms with Crippen molar-refractivity contribution in [2.75, 3.05) is 79.9 Å². The highest BCUT2D eigenvalue weighted by molar-refractivity contribution is 8.77. The predicted octanol–water partition coefficient (Wildman–Crippen LogP) is 17.4. The summed E-state index contributed by atoms with van der Waals surface area (Å²) >= 11 is 4.33. The molecule has 1 aliphatic rings. The van der Waals surface area contributed by atoms with Gasteiger partial charge in [-0.25, -0.2) is 0 Å². The number of ether oxygens (including phenoxy) is 2. The molecule has 9 heteroatoms. The quantitative estimate of drug-likeness (QED) is 0.0436. The SMILES string of the molecule is CCCCCCCCC(CCCCCC)CSSCCCSCC1(CSCCCSSCC(CCCCCC)CCCCCCCC)COC(CCCN(C)C)OC1. The lowest BCUT2D eigenvalue weighted by molar-refractivity contribution is -0.221. The first-order valence-corrected chi connectivity index (χ1v) is 32.3. The second-order valence-corrected chi connectivity index (χ2v) is 25.5. The van der Waals surface area contributed by atoms with Crippen LogP contribution in [0.3, 0.4) is 0 Å². The van der Waals surface area contributed by atoms with Gasteiger partial charge in [-0.2, -0.15) is 23.5 Å². The maximum Gasteiger partial charge on any atom is 0.157 e. The van der Waals surface area contributed by atoms with Crippen molar-refractivity contribution >= 4 is 66.7 Å². The fourth-order valence-electron chi connectivity index (χ4n) is 7.77. The molecule has 1 fully saturated rings. The van der Waals surface area contributed by atoms with Crippen LogP contribution in [-0.4, -0.2) is 91.1 Å². The number of nitrogens with zero attached hydrogens (tertiary/aromatic N) is 1. The van der Waals surface area contributed by atoms with Crippen LogP contribution in [0.1, 0.15) is 207 Å². The Morgan fingerprint density at radius 2 is 0.845 bits per heavy atom. The minimum absolute atomic E-state index is 0.0158. The normalized spacial score (nSPS) is 18.4. The van der Waals surface area contributed by atoms with Gasteiger partial charge in [0.25, 0.3) is 0 Å². The van der Waals surface area contributed by atoms with Crippen LogP contribution in [0.2, 0.25) is 0 Å². The van der Waals surface area contributed by atoms with E-state index in [2.05, 4.69) is 113 Å². The lowest BCUT2D eigenvalue weighted by Crippen LogP contribution is -2.45. The average molecular weight is 927 g/mol. The lowest BCUT2D eigenvalue weighted by Gasteiger charge is -2.40. The molecule has 1 rings (SSSR count). The molecule has 0 amide bonds. The van der Waals surface area contributed by atoms with E-state index in [1.807, 2.05) is 0 Å². The number of rotatable bonds is 46. The molecule has 0 spiro atoms. The Hall–Kier alpha value is 1.98. The highest BCUT2D eigenvalue weighted by Gasteiger charge is 2.37. The van der Waals surface area contributed by atoms with E-state index in [1.165, 1.54) is 213 Å². The van der Waals surface area contributed by atoms with E-state index in [1.54, 1.807) is 0 Å². The van der Waals surface area contributed by atoms with Gasteiger partial charge in [-0.3, -0.25) is 0 Å². The Morgan fingerprint density at radius 3 is 1.24 bits per heavy atom. The molecule has 58 heavy (non-hydrogen) atoms. The zero-order valence-electron chi connectivity index (χ0n) is 39.5. The van der Waals surface area contributed by atoms with Gasteiger partial charge in [0.1, 0.15) is 0 Å². The lowest BCUT2D eigenvalue weighted by atomic mass is 9.94. The van der Waals surface area contributed by atoms with Crippen LogP contribution in [0.15, 0.2) is 0 Å². The molecule has 0 aromatic rings. The third kappa shape index (κ3) is 36.3. The Morgan fingerprint density at radius 1 is 0.466 bits per heavy atom. The molecule has 0 N–H and O–H groups in total. The number of thioether (sulfide) groups is 2. The van der Waals surface area contributed by atoms with E-state index >= 15 is 0 Å². The van der Waals surface area contributed by atoms with Gasteiger partial charge >= 0.3 is 0 Å². The zero-order chi connectivity index (χ0) is 42.0. The molecule has 0 saturated carbocycles. The van der Waals surface area contributed by atoms with Gasteiger partial charge in [0.2, 0.25) is 0 Å². The summed E-state index contributed by atoms with van der Waals surface area (Å²) in [5, 5.41) is 0. The summed E-state index contributed by atoms with van der Waals surface area (Å²) in [6, 6.07) is 0. The van der Waals surface area contributed by atoms with Gasteiger partial charge in [0.05, 0.1) is 13.2 Å². The minimum Gasteiger partial charge on any atom is -0.352 e. The monoisotopic (exact) mass is 926 g/mol. The molecular weight excluding hydrogens is 827 g/mol. The highest BCUT2D eigenvalue weighted by Crippen LogP contribution is 2.36. The highest BCUT2D eigenvalue weighted by atomic mass is 33.1. The number of hydrogen-bond acceptors (Lipinski definition) is 9. The fraction of sp³-hybridized carbons (Fsp3) is 1.00.